The van der Waals surface area contributed by atoms with Crippen molar-refractivity contribution in [2.75, 3.05) is 43.0 Å². The van der Waals surface area contributed by atoms with Crippen LogP contribution in [-0.2, 0) is 4.79 Å². The number of aromatic nitrogens is 2. The number of amides is 1. The largest absolute Gasteiger partial charge is 0.369 e. The summed E-state index contributed by atoms with van der Waals surface area (Å²) >= 11 is 0. The van der Waals surface area contributed by atoms with Gasteiger partial charge in [-0.15, -0.1) is 0 Å². The molecule has 9 heteroatoms. The van der Waals surface area contributed by atoms with Gasteiger partial charge in [-0.25, -0.2) is 18.7 Å². The topological polar surface area (TPSA) is 72.8 Å². The van der Waals surface area contributed by atoms with E-state index in [0.717, 1.165) is 0 Å². The molecule has 30 heavy (non-hydrogen) atoms. The average molecular weight is 413 g/mol. The third-order valence-corrected chi connectivity index (χ3v) is 5.45. The fourth-order valence-corrected chi connectivity index (χ4v) is 3.85. The Morgan fingerprint density at radius 1 is 1.20 bits per heavy atom. The van der Waals surface area contributed by atoms with E-state index in [0.29, 0.717) is 37.7 Å². The second-order valence-electron chi connectivity index (χ2n) is 7.10. The first-order valence-electron chi connectivity index (χ1n) is 9.51. The first-order valence-corrected chi connectivity index (χ1v) is 9.51. The van der Waals surface area contributed by atoms with Gasteiger partial charge in [0, 0.05) is 44.4 Å². The van der Waals surface area contributed by atoms with Gasteiger partial charge >= 0.3 is 0 Å². The molecular formula is C21H21F2N5O2. The van der Waals surface area contributed by atoms with Crippen molar-refractivity contribution in [2.45, 2.75) is 6.23 Å². The van der Waals surface area contributed by atoms with Crippen molar-refractivity contribution in [3.8, 4) is 0 Å². The van der Waals surface area contributed by atoms with Gasteiger partial charge in [0.2, 0.25) is 5.91 Å². The molecule has 1 atom stereocenters. The van der Waals surface area contributed by atoms with Gasteiger partial charge in [0.1, 0.15) is 23.5 Å². The van der Waals surface area contributed by atoms with Crippen molar-refractivity contribution < 1.29 is 18.7 Å². The number of hydrogen-bond donors (Lipinski definition) is 1. The van der Waals surface area contributed by atoms with Gasteiger partial charge in [-0.1, -0.05) is 24.8 Å². The minimum atomic E-state index is -1.41. The van der Waals surface area contributed by atoms with Crippen LogP contribution in [0.25, 0.3) is 11.4 Å². The summed E-state index contributed by atoms with van der Waals surface area (Å²) in [7, 11) is 1.58. The average Bonchev–Trinajstić information content (AvgIpc) is 2.78. The van der Waals surface area contributed by atoms with E-state index in [1.54, 1.807) is 18.0 Å². The summed E-state index contributed by atoms with van der Waals surface area (Å²) in [6, 6.07) is 5.72. The smallest absolute Gasteiger partial charge is 0.246 e. The first-order chi connectivity index (χ1) is 14.4. The summed E-state index contributed by atoms with van der Waals surface area (Å²) in [5.41, 5.74) is 0.132. The number of rotatable bonds is 3. The lowest BCUT2D eigenvalue weighted by molar-refractivity contribution is -0.126. The number of hydrogen-bond acceptors (Lipinski definition) is 6. The Bertz CT molecular complexity index is 1030. The maximum absolute atomic E-state index is 15.4. The Morgan fingerprint density at radius 3 is 2.57 bits per heavy atom. The number of nitrogens with zero attached hydrogens (tertiary/aromatic N) is 5. The second-order valence-corrected chi connectivity index (χ2v) is 7.10. The maximum atomic E-state index is 15.4. The number of aliphatic hydroxyl groups excluding tert-OH is 1. The number of carbonyl (C=O) groups is 1. The molecule has 1 N–H and O–H groups in total. The molecule has 1 aromatic heterocycles. The number of fused-ring (bicyclic) bond motifs is 1. The summed E-state index contributed by atoms with van der Waals surface area (Å²) in [5, 5.41) is 10.8. The molecule has 2 aliphatic heterocycles. The molecule has 156 valence electrons. The van der Waals surface area contributed by atoms with Gasteiger partial charge in [-0.2, -0.15) is 0 Å². The van der Waals surface area contributed by atoms with Crippen LogP contribution >= 0.6 is 0 Å². The summed E-state index contributed by atoms with van der Waals surface area (Å²) in [6.07, 6.45) is 1.11. The highest BCUT2D eigenvalue weighted by atomic mass is 19.1. The lowest BCUT2D eigenvalue weighted by Crippen LogP contribution is -2.49. The van der Waals surface area contributed by atoms with Crippen molar-refractivity contribution in [1.29, 1.82) is 0 Å². The molecule has 0 bridgehead atoms. The fraction of sp³-hybridized carbons (Fsp3) is 0.286. The summed E-state index contributed by atoms with van der Waals surface area (Å²) in [4.78, 5) is 25.2. The van der Waals surface area contributed by atoms with Crippen LogP contribution in [-0.4, -0.2) is 65.3 Å². The molecule has 0 radical (unpaired) electrons. The number of piperazine rings is 1. The van der Waals surface area contributed by atoms with Gasteiger partial charge < -0.3 is 19.8 Å². The number of halogens is 2. The maximum Gasteiger partial charge on any atom is 0.246 e. The minimum absolute atomic E-state index is 0.00403. The van der Waals surface area contributed by atoms with E-state index in [2.05, 4.69) is 16.5 Å². The van der Waals surface area contributed by atoms with Crippen LogP contribution in [0.2, 0.25) is 0 Å². The lowest BCUT2D eigenvalue weighted by Gasteiger charge is -2.39. The molecule has 0 aliphatic carbocycles. The zero-order valence-electron chi connectivity index (χ0n) is 16.4. The van der Waals surface area contributed by atoms with E-state index in [4.69, 9.17) is 0 Å². The third kappa shape index (κ3) is 3.21. The predicted octanol–water partition coefficient (Wildman–Crippen LogP) is 2.06. The van der Waals surface area contributed by atoms with Gasteiger partial charge in [-0.3, -0.25) is 4.79 Å². The number of carbonyl (C=O) groups excluding carboxylic acids is 1. The van der Waals surface area contributed by atoms with Gasteiger partial charge in [0.05, 0.1) is 0 Å². The molecule has 1 saturated heterocycles. The predicted molar refractivity (Wildman–Crippen MR) is 110 cm³/mol. The Hall–Kier alpha value is -3.33. The fourth-order valence-electron chi connectivity index (χ4n) is 3.85. The first kappa shape index (κ1) is 20.0. The van der Waals surface area contributed by atoms with Gasteiger partial charge in [-0.05, 0) is 12.1 Å². The Balaban J connectivity index is 1.74. The monoisotopic (exact) mass is 413 g/mol. The van der Waals surface area contributed by atoms with E-state index >= 15 is 4.39 Å². The van der Waals surface area contributed by atoms with E-state index < -0.39 is 17.9 Å². The van der Waals surface area contributed by atoms with Crippen molar-refractivity contribution >= 4 is 28.8 Å². The summed E-state index contributed by atoms with van der Waals surface area (Å²) in [5.74, 6) is -1.11. The molecule has 4 rings (SSSR count). The van der Waals surface area contributed by atoms with Crippen LogP contribution in [0.3, 0.4) is 0 Å². The van der Waals surface area contributed by atoms with Crippen LogP contribution in [0.15, 0.2) is 43.2 Å². The van der Waals surface area contributed by atoms with Crippen molar-refractivity contribution in [2.24, 2.45) is 0 Å². The minimum Gasteiger partial charge on any atom is -0.369 e. The normalized spacial score (nSPS) is 19.1. The van der Waals surface area contributed by atoms with Crippen molar-refractivity contribution in [3.63, 3.8) is 0 Å². The Labute approximate surface area is 172 Å². The number of aliphatic hydroxyl groups is 1. The standard InChI is InChI=1S/C21H21F2N5O2/c1-3-15(29)27-8-10-28(11-9-27)20-19-18(24-12-25-20)17(23)16(21(30)26(19)2)13-6-4-5-7-14(13)22/h3-7,12,21,30H,1,8-11H2,2H3. The van der Waals surface area contributed by atoms with Gasteiger partial charge in [0.15, 0.2) is 17.9 Å². The molecule has 1 amide bonds. The molecule has 2 aromatic rings. The van der Waals surface area contributed by atoms with Crippen molar-refractivity contribution in [3.05, 3.63) is 60.3 Å². The molecule has 2 aliphatic rings. The summed E-state index contributed by atoms with van der Waals surface area (Å²) < 4.78 is 29.8. The van der Waals surface area contributed by atoms with Crippen LogP contribution in [0.5, 0.6) is 0 Å². The summed E-state index contributed by atoms with van der Waals surface area (Å²) in [6.45, 7) is 5.41. The number of likely N-dealkylation sites (N-methyl/N-ethyl adjacent to an activating group) is 1. The SMILES string of the molecule is C=CC(=O)N1CCN(c2ncnc3c2N(C)C(O)C(c2ccccc2F)=C3F)CC1. The molecule has 0 spiro atoms. The highest BCUT2D eigenvalue weighted by molar-refractivity contribution is 5.98. The molecule has 1 fully saturated rings. The zero-order chi connectivity index (χ0) is 21.4. The molecule has 3 heterocycles. The van der Waals surface area contributed by atoms with E-state index in [1.807, 2.05) is 4.90 Å². The quantitative estimate of drug-likeness (QED) is 0.777. The van der Waals surface area contributed by atoms with E-state index in [-0.39, 0.29) is 22.7 Å². The molecule has 1 aromatic carbocycles. The molecule has 7 nitrogen and oxygen atoms in total. The number of anilines is 2. The van der Waals surface area contributed by atoms with Crippen LogP contribution < -0.4 is 9.80 Å². The van der Waals surface area contributed by atoms with Crippen LogP contribution in [0.1, 0.15) is 11.3 Å². The Kier molecular flexibility index (Phi) is 5.21. The van der Waals surface area contributed by atoms with E-state index in [1.165, 1.54) is 35.5 Å². The lowest BCUT2D eigenvalue weighted by atomic mass is 9.96. The highest BCUT2D eigenvalue weighted by Crippen LogP contribution is 2.44. The number of benzene rings is 1. The molecule has 0 saturated carbocycles. The second kappa shape index (κ2) is 7.83. The Morgan fingerprint density at radius 2 is 1.90 bits per heavy atom. The highest BCUT2D eigenvalue weighted by Gasteiger charge is 2.37. The third-order valence-electron chi connectivity index (χ3n) is 5.45. The van der Waals surface area contributed by atoms with Crippen LogP contribution in [0, 0.1) is 5.82 Å². The molecular weight excluding hydrogens is 392 g/mol. The van der Waals surface area contributed by atoms with E-state index in [9.17, 15) is 14.3 Å². The van der Waals surface area contributed by atoms with Gasteiger partial charge in [0.25, 0.3) is 0 Å². The zero-order valence-corrected chi connectivity index (χ0v) is 16.4. The van der Waals surface area contributed by atoms with Crippen molar-refractivity contribution in [1.82, 2.24) is 14.9 Å². The van der Waals surface area contributed by atoms with Crippen LogP contribution in [0.4, 0.5) is 20.3 Å². The molecule has 1 unspecified atom stereocenters.